The van der Waals surface area contributed by atoms with Crippen molar-refractivity contribution in [1.82, 2.24) is 4.98 Å². The molecular formula is C13H20N2O. The van der Waals surface area contributed by atoms with Gasteiger partial charge in [0.05, 0.1) is 6.10 Å². The molecule has 0 aliphatic carbocycles. The van der Waals surface area contributed by atoms with Crippen LogP contribution in [0, 0.1) is 5.41 Å². The van der Waals surface area contributed by atoms with Crippen molar-refractivity contribution < 1.29 is 5.11 Å². The lowest BCUT2D eigenvalue weighted by atomic mass is 9.93. The van der Waals surface area contributed by atoms with Crippen LogP contribution in [0.1, 0.15) is 38.9 Å². The Morgan fingerprint density at radius 1 is 1.50 bits per heavy atom. The summed E-state index contributed by atoms with van der Waals surface area (Å²) >= 11 is 0. The van der Waals surface area contributed by atoms with Crippen LogP contribution in [0.2, 0.25) is 0 Å². The van der Waals surface area contributed by atoms with Gasteiger partial charge >= 0.3 is 0 Å². The van der Waals surface area contributed by atoms with Crippen LogP contribution in [0.5, 0.6) is 0 Å². The molecule has 1 aromatic rings. The quantitative estimate of drug-likeness (QED) is 0.831. The summed E-state index contributed by atoms with van der Waals surface area (Å²) in [5.74, 6) is 0.947. The van der Waals surface area contributed by atoms with Crippen molar-refractivity contribution in [2.24, 2.45) is 5.41 Å². The molecule has 0 aromatic carbocycles. The number of hydrogen-bond acceptors (Lipinski definition) is 3. The molecule has 1 aliphatic heterocycles. The molecule has 1 saturated heterocycles. The van der Waals surface area contributed by atoms with Gasteiger partial charge in [-0.3, -0.25) is 0 Å². The lowest BCUT2D eigenvalue weighted by Crippen LogP contribution is -2.25. The van der Waals surface area contributed by atoms with Crippen molar-refractivity contribution in [3.63, 3.8) is 0 Å². The predicted octanol–water partition coefficient (Wildman–Crippen LogP) is 2.37. The summed E-state index contributed by atoms with van der Waals surface area (Å²) in [6.07, 6.45) is 2.53. The van der Waals surface area contributed by atoms with E-state index >= 15 is 0 Å². The van der Waals surface area contributed by atoms with Crippen molar-refractivity contribution in [3.8, 4) is 0 Å². The number of aromatic nitrogens is 1. The molecule has 0 bridgehead atoms. The Bertz CT molecular complexity index is 374. The minimum absolute atomic E-state index is 0.355. The molecule has 3 nitrogen and oxygen atoms in total. The lowest BCUT2D eigenvalue weighted by molar-refractivity contribution is 0.199. The van der Waals surface area contributed by atoms with E-state index in [0.29, 0.717) is 5.41 Å². The molecule has 0 saturated carbocycles. The fourth-order valence-corrected chi connectivity index (χ4v) is 2.29. The summed E-state index contributed by atoms with van der Waals surface area (Å²) < 4.78 is 0. The van der Waals surface area contributed by atoms with Gasteiger partial charge in [0, 0.05) is 24.8 Å². The fourth-order valence-electron chi connectivity index (χ4n) is 2.29. The lowest BCUT2D eigenvalue weighted by Gasteiger charge is -2.23. The number of aliphatic hydroxyl groups is 1. The second-order valence-corrected chi connectivity index (χ2v) is 5.43. The van der Waals surface area contributed by atoms with Crippen LogP contribution in [-0.4, -0.2) is 23.2 Å². The average molecular weight is 220 g/mol. The summed E-state index contributed by atoms with van der Waals surface area (Å²) in [5.41, 5.74) is 1.29. The van der Waals surface area contributed by atoms with Crippen LogP contribution in [0.15, 0.2) is 18.3 Å². The van der Waals surface area contributed by atoms with Crippen LogP contribution in [0.25, 0.3) is 0 Å². The number of pyridine rings is 1. The highest BCUT2D eigenvalue weighted by molar-refractivity contribution is 5.49. The SMILES string of the molecule is CC(O)c1cccnc1N1CCC(C)(C)C1. The largest absolute Gasteiger partial charge is 0.389 e. The molecule has 0 spiro atoms. The van der Waals surface area contributed by atoms with Gasteiger partial charge in [-0.05, 0) is 24.8 Å². The van der Waals surface area contributed by atoms with Gasteiger partial charge in [0.15, 0.2) is 0 Å². The van der Waals surface area contributed by atoms with Crippen LogP contribution >= 0.6 is 0 Å². The summed E-state index contributed by atoms with van der Waals surface area (Å²) in [4.78, 5) is 6.69. The van der Waals surface area contributed by atoms with E-state index in [4.69, 9.17) is 0 Å². The van der Waals surface area contributed by atoms with Gasteiger partial charge in [-0.25, -0.2) is 4.98 Å². The summed E-state index contributed by atoms with van der Waals surface area (Å²) in [5, 5.41) is 9.73. The van der Waals surface area contributed by atoms with Crippen LogP contribution in [0.4, 0.5) is 5.82 Å². The van der Waals surface area contributed by atoms with Crippen LogP contribution in [-0.2, 0) is 0 Å². The van der Waals surface area contributed by atoms with Crippen molar-refractivity contribution >= 4 is 5.82 Å². The smallest absolute Gasteiger partial charge is 0.134 e. The maximum atomic E-state index is 9.73. The third-order valence-electron chi connectivity index (χ3n) is 3.24. The van der Waals surface area contributed by atoms with Gasteiger partial charge in [-0.15, -0.1) is 0 Å². The first-order valence-corrected chi connectivity index (χ1v) is 5.87. The highest BCUT2D eigenvalue weighted by atomic mass is 16.3. The van der Waals surface area contributed by atoms with Crippen LogP contribution < -0.4 is 4.90 Å². The normalized spacial score (nSPS) is 21.1. The van der Waals surface area contributed by atoms with E-state index in [0.717, 1.165) is 24.5 Å². The highest BCUT2D eigenvalue weighted by Gasteiger charge is 2.31. The fraction of sp³-hybridized carbons (Fsp3) is 0.615. The molecule has 16 heavy (non-hydrogen) atoms. The third-order valence-corrected chi connectivity index (χ3v) is 3.24. The van der Waals surface area contributed by atoms with E-state index < -0.39 is 6.10 Å². The summed E-state index contributed by atoms with van der Waals surface area (Å²) in [7, 11) is 0. The molecule has 1 N–H and O–H groups in total. The number of aliphatic hydroxyl groups excluding tert-OH is 1. The summed E-state index contributed by atoms with van der Waals surface area (Å²) in [6.45, 7) is 8.39. The Labute approximate surface area is 97.1 Å². The predicted molar refractivity (Wildman–Crippen MR) is 65.5 cm³/mol. The molecule has 2 heterocycles. The third kappa shape index (κ3) is 2.19. The first-order chi connectivity index (χ1) is 7.49. The maximum Gasteiger partial charge on any atom is 0.134 e. The molecule has 2 rings (SSSR count). The molecule has 0 amide bonds. The van der Waals surface area contributed by atoms with E-state index in [1.54, 1.807) is 13.1 Å². The Morgan fingerprint density at radius 2 is 2.25 bits per heavy atom. The molecule has 1 unspecified atom stereocenters. The van der Waals surface area contributed by atoms with Gasteiger partial charge < -0.3 is 10.0 Å². The zero-order chi connectivity index (χ0) is 11.8. The van der Waals surface area contributed by atoms with E-state index in [9.17, 15) is 5.11 Å². The van der Waals surface area contributed by atoms with Gasteiger partial charge in [-0.1, -0.05) is 19.9 Å². The van der Waals surface area contributed by atoms with Crippen molar-refractivity contribution in [1.29, 1.82) is 0 Å². The standard InChI is InChI=1S/C13H20N2O/c1-10(16)11-5-4-7-14-12(11)15-8-6-13(2,3)9-15/h4-5,7,10,16H,6,8-9H2,1-3H3. The molecule has 1 aromatic heterocycles. The Balaban J connectivity index is 2.28. The van der Waals surface area contributed by atoms with Gasteiger partial charge in [-0.2, -0.15) is 0 Å². The second kappa shape index (κ2) is 4.06. The van der Waals surface area contributed by atoms with E-state index in [2.05, 4.69) is 23.7 Å². The molecule has 3 heteroatoms. The Kier molecular flexibility index (Phi) is 2.89. The zero-order valence-corrected chi connectivity index (χ0v) is 10.3. The minimum atomic E-state index is -0.451. The monoisotopic (exact) mass is 220 g/mol. The average Bonchev–Trinajstić information content (AvgIpc) is 2.59. The molecule has 1 aliphatic rings. The van der Waals surface area contributed by atoms with Crippen molar-refractivity contribution in [2.75, 3.05) is 18.0 Å². The minimum Gasteiger partial charge on any atom is -0.389 e. The molecule has 88 valence electrons. The summed E-state index contributed by atoms with van der Waals surface area (Å²) in [6, 6.07) is 3.84. The van der Waals surface area contributed by atoms with E-state index in [-0.39, 0.29) is 0 Å². The van der Waals surface area contributed by atoms with E-state index in [1.807, 2.05) is 12.1 Å². The second-order valence-electron chi connectivity index (χ2n) is 5.43. The van der Waals surface area contributed by atoms with Gasteiger partial charge in [0.1, 0.15) is 5.82 Å². The molecule has 1 atom stereocenters. The van der Waals surface area contributed by atoms with Crippen molar-refractivity contribution in [2.45, 2.75) is 33.3 Å². The molecule has 0 radical (unpaired) electrons. The highest BCUT2D eigenvalue weighted by Crippen LogP contribution is 2.34. The van der Waals surface area contributed by atoms with Gasteiger partial charge in [0.25, 0.3) is 0 Å². The Hall–Kier alpha value is -1.09. The topological polar surface area (TPSA) is 36.4 Å². The van der Waals surface area contributed by atoms with Crippen LogP contribution in [0.3, 0.4) is 0 Å². The zero-order valence-electron chi connectivity index (χ0n) is 10.3. The first kappa shape index (κ1) is 11.4. The molecule has 1 fully saturated rings. The first-order valence-electron chi connectivity index (χ1n) is 5.87. The molecular weight excluding hydrogens is 200 g/mol. The van der Waals surface area contributed by atoms with Crippen molar-refractivity contribution in [3.05, 3.63) is 23.9 Å². The number of nitrogens with zero attached hydrogens (tertiary/aromatic N) is 2. The number of hydrogen-bond donors (Lipinski definition) is 1. The maximum absolute atomic E-state index is 9.73. The number of rotatable bonds is 2. The number of anilines is 1. The van der Waals surface area contributed by atoms with E-state index in [1.165, 1.54) is 6.42 Å². The Morgan fingerprint density at radius 3 is 2.81 bits per heavy atom. The van der Waals surface area contributed by atoms with Gasteiger partial charge in [0.2, 0.25) is 0 Å².